The molecule has 3 heterocycles. The fourth-order valence-corrected chi connectivity index (χ4v) is 4.25. The van der Waals surface area contributed by atoms with Crippen LogP contribution >= 0.6 is 0 Å². The average molecular weight is 485 g/mol. The van der Waals surface area contributed by atoms with Gasteiger partial charge in [-0.25, -0.2) is 13.2 Å². The third-order valence-corrected chi connectivity index (χ3v) is 6.18. The quantitative estimate of drug-likeness (QED) is 0.512. The summed E-state index contributed by atoms with van der Waals surface area (Å²) >= 11 is 0. The summed E-state index contributed by atoms with van der Waals surface area (Å²) in [7, 11) is 0. The van der Waals surface area contributed by atoms with E-state index in [0.717, 1.165) is 22.7 Å². The number of fused-ring (bicyclic) bond motifs is 1. The van der Waals surface area contributed by atoms with Crippen molar-refractivity contribution >= 4 is 28.1 Å². The molecule has 2 atom stereocenters. The number of halogens is 3. The first-order valence-corrected chi connectivity index (χ1v) is 11.4. The first-order valence-electron chi connectivity index (χ1n) is 11.4. The normalized spacial score (nSPS) is 16.1. The van der Waals surface area contributed by atoms with E-state index < -0.39 is 29.4 Å². The molecular weight excluding hydrogens is 457 g/mol. The fraction of sp³-hybridized carbons (Fsp3) is 0.346. The van der Waals surface area contributed by atoms with Gasteiger partial charge in [0.1, 0.15) is 11.9 Å². The molecule has 1 amide bonds. The molecule has 1 aliphatic heterocycles. The first-order chi connectivity index (χ1) is 16.6. The Balaban J connectivity index is 1.62. The Morgan fingerprint density at radius 3 is 2.66 bits per heavy atom. The summed E-state index contributed by atoms with van der Waals surface area (Å²) in [5.74, 6) is -4.52. The van der Waals surface area contributed by atoms with E-state index in [9.17, 15) is 23.1 Å². The van der Waals surface area contributed by atoms with Crippen molar-refractivity contribution in [2.75, 3.05) is 18.4 Å². The van der Waals surface area contributed by atoms with Crippen molar-refractivity contribution < 1.29 is 23.1 Å². The number of aromatic nitrogens is 2. The second-order valence-electron chi connectivity index (χ2n) is 8.85. The van der Waals surface area contributed by atoms with Crippen LogP contribution in [-0.2, 0) is 10.7 Å². The minimum Gasteiger partial charge on any atom is -0.384 e. The minimum atomic E-state index is -3.28. The van der Waals surface area contributed by atoms with Gasteiger partial charge in [-0.3, -0.25) is 14.8 Å². The maximum Gasteiger partial charge on any atom is 0.273 e. The van der Waals surface area contributed by atoms with Crippen LogP contribution in [0.5, 0.6) is 0 Å². The average Bonchev–Trinajstić information content (AvgIpc) is 2.83. The van der Waals surface area contributed by atoms with Crippen LogP contribution in [0.3, 0.4) is 0 Å². The molecule has 4 rings (SSSR count). The largest absolute Gasteiger partial charge is 0.384 e. The van der Waals surface area contributed by atoms with Crippen LogP contribution in [-0.4, -0.2) is 45.1 Å². The molecule has 0 radical (unpaired) electrons. The van der Waals surface area contributed by atoms with Crippen molar-refractivity contribution in [3.05, 3.63) is 71.4 Å². The van der Waals surface area contributed by atoms with Crippen molar-refractivity contribution in [1.29, 1.82) is 0 Å². The topological polar surface area (TPSA) is 78.4 Å². The number of nitrogens with zero attached hydrogens (tertiary/aromatic N) is 3. The molecular formula is C26H27F3N4O2. The zero-order valence-corrected chi connectivity index (χ0v) is 19.7. The lowest BCUT2D eigenvalue weighted by Gasteiger charge is -2.27. The summed E-state index contributed by atoms with van der Waals surface area (Å²) in [5.41, 5.74) is 2.49. The molecule has 184 valence electrons. The van der Waals surface area contributed by atoms with Gasteiger partial charge >= 0.3 is 0 Å². The molecule has 0 bridgehead atoms. The number of alkyl halides is 2. The standard InChI is InChI=1S/C26H27F3N4O2/c1-15(18-5-4-6-20(24(18)27)26(3,28)29)32-21-7-10-30-23-14-31-22(13-19(21)23)17-8-11-33(12-9-17)25(35)16(2)34/h4-8,10,13-16,34H,9,11-12H2,1-3H3,(H,30,32)/t15-,16+/m1/s1. The van der Waals surface area contributed by atoms with Crippen LogP contribution in [0.15, 0.2) is 48.8 Å². The zero-order chi connectivity index (χ0) is 25.3. The lowest BCUT2D eigenvalue weighted by atomic mass is 10.00. The summed E-state index contributed by atoms with van der Waals surface area (Å²) in [6, 6.07) is 7.05. The lowest BCUT2D eigenvalue weighted by molar-refractivity contribution is -0.138. The van der Waals surface area contributed by atoms with Gasteiger partial charge in [0, 0.05) is 42.8 Å². The molecule has 9 heteroatoms. The number of aliphatic hydroxyl groups excluding tert-OH is 1. The highest BCUT2D eigenvalue weighted by molar-refractivity contribution is 5.92. The Kier molecular flexibility index (Phi) is 6.80. The Morgan fingerprint density at radius 2 is 2.00 bits per heavy atom. The lowest BCUT2D eigenvalue weighted by Crippen LogP contribution is -2.40. The van der Waals surface area contributed by atoms with Gasteiger partial charge in [0.25, 0.3) is 11.8 Å². The molecule has 3 aromatic rings. The molecule has 0 unspecified atom stereocenters. The van der Waals surface area contributed by atoms with Crippen molar-refractivity contribution in [2.45, 2.75) is 45.3 Å². The highest BCUT2D eigenvalue weighted by atomic mass is 19.3. The predicted molar refractivity (Wildman–Crippen MR) is 128 cm³/mol. The Morgan fingerprint density at radius 1 is 1.23 bits per heavy atom. The summed E-state index contributed by atoms with van der Waals surface area (Å²) in [6.45, 7) is 4.69. The summed E-state index contributed by atoms with van der Waals surface area (Å²) < 4.78 is 42.5. The van der Waals surface area contributed by atoms with E-state index >= 15 is 0 Å². The summed E-state index contributed by atoms with van der Waals surface area (Å²) in [5, 5.41) is 13.5. The van der Waals surface area contributed by atoms with Gasteiger partial charge in [0.15, 0.2) is 0 Å². The fourth-order valence-electron chi connectivity index (χ4n) is 4.25. The van der Waals surface area contributed by atoms with E-state index in [4.69, 9.17) is 0 Å². The van der Waals surface area contributed by atoms with Gasteiger partial charge in [0.05, 0.1) is 29.0 Å². The number of anilines is 1. The minimum absolute atomic E-state index is 0.140. The van der Waals surface area contributed by atoms with Crippen molar-refractivity contribution in [1.82, 2.24) is 14.9 Å². The first kappa shape index (κ1) is 24.7. The number of hydrogen-bond donors (Lipinski definition) is 2. The van der Waals surface area contributed by atoms with Gasteiger partial charge in [0.2, 0.25) is 0 Å². The number of pyridine rings is 2. The molecule has 1 aromatic carbocycles. The number of hydrogen-bond acceptors (Lipinski definition) is 5. The molecule has 0 aliphatic carbocycles. The van der Waals surface area contributed by atoms with Gasteiger partial charge in [-0.05, 0) is 38.0 Å². The van der Waals surface area contributed by atoms with Crippen molar-refractivity contribution in [3.63, 3.8) is 0 Å². The van der Waals surface area contributed by atoms with Crippen LogP contribution in [0.25, 0.3) is 16.5 Å². The van der Waals surface area contributed by atoms with Crippen LogP contribution in [0, 0.1) is 5.82 Å². The van der Waals surface area contributed by atoms with Crippen molar-refractivity contribution in [2.24, 2.45) is 0 Å². The molecule has 2 aromatic heterocycles. The van der Waals surface area contributed by atoms with E-state index in [0.29, 0.717) is 37.6 Å². The van der Waals surface area contributed by atoms with Crippen LogP contribution in [0.4, 0.5) is 18.9 Å². The van der Waals surface area contributed by atoms with Crippen LogP contribution in [0.2, 0.25) is 0 Å². The van der Waals surface area contributed by atoms with E-state index in [1.807, 2.05) is 12.1 Å². The molecule has 0 spiro atoms. The maximum atomic E-state index is 14.9. The molecule has 2 N–H and O–H groups in total. The van der Waals surface area contributed by atoms with Crippen LogP contribution in [0.1, 0.15) is 50.1 Å². The third kappa shape index (κ3) is 5.14. The number of amides is 1. The molecule has 0 fully saturated rings. The highest BCUT2D eigenvalue weighted by Crippen LogP contribution is 2.34. The number of carbonyl (C=O) groups excluding carboxylic acids is 1. The number of rotatable bonds is 6. The molecule has 35 heavy (non-hydrogen) atoms. The second-order valence-corrected chi connectivity index (χ2v) is 8.85. The Labute approximate surface area is 201 Å². The molecule has 0 saturated heterocycles. The van der Waals surface area contributed by atoms with Gasteiger partial charge in [-0.15, -0.1) is 0 Å². The molecule has 0 saturated carbocycles. The van der Waals surface area contributed by atoms with E-state index in [1.54, 1.807) is 30.3 Å². The van der Waals surface area contributed by atoms with E-state index in [-0.39, 0.29) is 11.5 Å². The Bertz CT molecular complexity index is 1290. The van der Waals surface area contributed by atoms with Crippen molar-refractivity contribution in [3.8, 4) is 0 Å². The van der Waals surface area contributed by atoms with Gasteiger partial charge < -0.3 is 15.3 Å². The van der Waals surface area contributed by atoms with Gasteiger partial charge in [-0.1, -0.05) is 24.3 Å². The SMILES string of the molecule is C[C@H](O)C(=O)N1CC=C(c2cc3c(N[C@H](C)c4cccc(C(C)(F)F)c4F)ccnc3cn2)CC1. The number of carbonyl (C=O) groups is 1. The highest BCUT2D eigenvalue weighted by Gasteiger charge is 2.30. The number of benzene rings is 1. The number of nitrogens with one attached hydrogen (secondary N) is 1. The van der Waals surface area contributed by atoms with E-state index in [1.165, 1.54) is 19.1 Å². The molecule has 1 aliphatic rings. The monoisotopic (exact) mass is 484 g/mol. The van der Waals surface area contributed by atoms with Gasteiger partial charge in [-0.2, -0.15) is 0 Å². The third-order valence-electron chi connectivity index (χ3n) is 6.18. The number of aliphatic hydroxyl groups is 1. The van der Waals surface area contributed by atoms with Crippen LogP contribution < -0.4 is 5.32 Å². The smallest absolute Gasteiger partial charge is 0.273 e. The summed E-state index contributed by atoms with van der Waals surface area (Å²) in [6.07, 6.45) is 4.70. The zero-order valence-electron chi connectivity index (χ0n) is 19.7. The second kappa shape index (κ2) is 9.65. The molecule has 6 nitrogen and oxygen atoms in total. The van der Waals surface area contributed by atoms with E-state index in [2.05, 4.69) is 15.3 Å². The Hall–Kier alpha value is -3.46. The maximum absolute atomic E-state index is 14.9. The predicted octanol–water partition coefficient (Wildman–Crippen LogP) is 5.05. The summed E-state index contributed by atoms with van der Waals surface area (Å²) in [4.78, 5) is 22.5.